The van der Waals surface area contributed by atoms with Gasteiger partial charge in [0.15, 0.2) is 0 Å². The number of para-hydroxylation sites is 1. The molecule has 0 saturated carbocycles. The minimum Gasteiger partial charge on any atom is -0.489 e. The first-order chi connectivity index (χ1) is 17.9. The van der Waals surface area contributed by atoms with Crippen molar-refractivity contribution in [2.45, 2.75) is 51.9 Å². The molecule has 3 aromatic rings. The highest BCUT2D eigenvalue weighted by Gasteiger charge is 2.17. The molecule has 3 aromatic carbocycles. The normalized spacial score (nSPS) is 15.8. The summed E-state index contributed by atoms with van der Waals surface area (Å²) in [5, 5.41) is 3.45. The van der Waals surface area contributed by atoms with E-state index in [0.29, 0.717) is 30.0 Å². The number of anilines is 1. The van der Waals surface area contributed by atoms with Gasteiger partial charge in [-0.15, -0.1) is 0 Å². The van der Waals surface area contributed by atoms with Gasteiger partial charge in [0, 0.05) is 41.6 Å². The van der Waals surface area contributed by atoms with Gasteiger partial charge in [-0.2, -0.15) is 0 Å². The molecule has 0 aliphatic carbocycles. The first kappa shape index (κ1) is 26.6. The molecule has 0 aromatic heterocycles. The number of nitrogens with one attached hydrogen (secondary N) is 1. The van der Waals surface area contributed by atoms with Crippen molar-refractivity contribution in [2.75, 3.05) is 25.1 Å². The van der Waals surface area contributed by atoms with Gasteiger partial charge in [-0.05, 0) is 62.1 Å². The van der Waals surface area contributed by atoms with Crippen LogP contribution in [-0.2, 0) is 27.3 Å². The van der Waals surface area contributed by atoms with E-state index in [9.17, 15) is 4.79 Å². The largest absolute Gasteiger partial charge is 0.489 e. The lowest BCUT2D eigenvalue weighted by atomic mass is 9.97. The number of hydrogen-bond acceptors (Lipinski definition) is 6. The third-order valence-electron chi connectivity index (χ3n) is 6.39. The first-order valence-electron chi connectivity index (χ1n) is 12.8. The molecule has 1 aliphatic heterocycles. The number of rotatable bonds is 11. The SMILES string of the molecule is CCOC(=O)Cc1ccccc1OCc1cc(NC[C@H]2CCCO2)cc(-c2cccc([C@@H](C)N)c2F)c1. The average Bonchev–Trinajstić information content (AvgIpc) is 3.41. The van der Waals surface area contributed by atoms with Crippen molar-refractivity contribution in [3.63, 3.8) is 0 Å². The molecular formula is C30H35FN2O4. The summed E-state index contributed by atoms with van der Waals surface area (Å²) in [7, 11) is 0. The summed E-state index contributed by atoms with van der Waals surface area (Å²) >= 11 is 0. The van der Waals surface area contributed by atoms with Crippen molar-refractivity contribution >= 4 is 11.7 Å². The zero-order valence-electron chi connectivity index (χ0n) is 21.5. The molecule has 1 fully saturated rings. The van der Waals surface area contributed by atoms with E-state index in [1.165, 1.54) is 0 Å². The fourth-order valence-corrected chi connectivity index (χ4v) is 4.51. The van der Waals surface area contributed by atoms with E-state index in [-0.39, 0.29) is 30.9 Å². The minimum absolute atomic E-state index is 0.132. The lowest BCUT2D eigenvalue weighted by molar-refractivity contribution is -0.142. The lowest BCUT2D eigenvalue weighted by Gasteiger charge is -2.17. The Balaban J connectivity index is 1.60. The van der Waals surface area contributed by atoms with Gasteiger partial charge < -0.3 is 25.3 Å². The van der Waals surface area contributed by atoms with Crippen LogP contribution in [0.3, 0.4) is 0 Å². The highest BCUT2D eigenvalue weighted by Crippen LogP contribution is 2.31. The molecule has 7 heteroatoms. The first-order valence-corrected chi connectivity index (χ1v) is 12.8. The molecule has 2 atom stereocenters. The summed E-state index contributed by atoms with van der Waals surface area (Å²) in [5.74, 6) is -0.00830. The third-order valence-corrected chi connectivity index (χ3v) is 6.39. The van der Waals surface area contributed by atoms with Crippen LogP contribution in [0.15, 0.2) is 60.7 Å². The van der Waals surface area contributed by atoms with E-state index in [2.05, 4.69) is 5.32 Å². The van der Waals surface area contributed by atoms with Gasteiger partial charge in [-0.25, -0.2) is 4.39 Å². The Morgan fingerprint density at radius 2 is 2.03 bits per heavy atom. The lowest BCUT2D eigenvalue weighted by Crippen LogP contribution is -2.18. The van der Waals surface area contributed by atoms with Gasteiger partial charge >= 0.3 is 5.97 Å². The number of ether oxygens (including phenoxy) is 3. The number of carbonyl (C=O) groups excluding carboxylic acids is 1. The van der Waals surface area contributed by atoms with E-state index in [1.807, 2.05) is 48.5 Å². The van der Waals surface area contributed by atoms with Crippen LogP contribution in [0.2, 0.25) is 0 Å². The fraction of sp³-hybridized carbons (Fsp3) is 0.367. The molecule has 3 N–H and O–H groups in total. The van der Waals surface area contributed by atoms with Crippen molar-refractivity contribution < 1.29 is 23.4 Å². The van der Waals surface area contributed by atoms with Crippen LogP contribution >= 0.6 is 0 Å². The second kappa shape index (κ2) is 12.7. The molecule has 4 rings (SSSR count). The zero-order chi connectivity index (χ0) is 26.2. The highest BCUT2D eigenvalue weighted by atomic mass is 19.1. The molecular weight excluding hydrogens is 471 g/mol. The van der Waals surface area contributed by atoms with Gasteiger partial charge in [-0.3, -0.25) is 4.79 Å². The van der Waals surface area contributed by atoms with E-state index < -0.39 is 6.04 Å². The monoisotopic (exact) mass is 506 g/mol. The fourth-order valence-electron chi connectivity index (χ4n) is 4.51. The summed E-state index contributed by atoms with van der Waals surface area (Å²) in [4.78, 5) is 12.0. The number of esters is 1. The van der Waals surface area contributed by atoms with Crippen LogP contribution in [0, 0.1) is 5.82 Å². The molecule has 0 radical (unpaired) electrons. The summed E-state index contributed by atoms with van der Waals surface area (Å²) in [5.41, 5.74) is 10.2. The summed E-state index contributed by atoms with van der Waals surface area (Å²) in [6.07, 6.45) is 2.38. The maximum absolute atomic E-state index is 15.4. The Hall–Kier alpha value is -3.42. The molecule has 0 spiro atoms. The molecule has 0 amide bonds. The topological polar surface area (TPSA) is 82.8 Å². The van der Waals surface area contributed by atoms with Crippen LogP contribution in [0.1, 0.15) is 49.4 Å². The van der Waals surface area contributed by atoms with Gasteiger partial charge in [0.2, 0.25) is 0 Å². The number of carbonyl (C=O) groups is 1. The second-order valence-electron chi connectivity index (χ2n) is 9.31. The van der Waals surface area contributed by atoms with Crippen LogP contribution in [-0.4, -0.2) is 31.8 Å². The Morgan fingerprint density at radius 1 is 1.19 bits per heavy atom. The van der Waals surface area contributed by atoms with Crippen molar-refractivity contribution in [2.24, 2.45) is 5.73 Å². The van der Waals surface area contributed by atoms with Gasteiger partial charge in [0.1, 0.15) is 18.2 Å². The highest BCUT2D eigenvalue weighted by molar-refractivity contribution is 5.73. The average molecular weight is 507 g/mol. The molecule has 1 saturated heterocycles. The summed E-state index contributed by atoms with van der Waals surface area (Å²) < 4.78 is 32.4. The van der Waals surface area contributed by atoms with Crippen molar-refractivity contribution in [1.29, 1.82) is 0 Å². The van der Waals surface area contributed by atoms with Crippen molar-refractivity contribution in [1.82, 2.24) is 0 Å². The standard InChI is InChI=1S/C30H35FN2O4/c1-3-35-29(34)17-22-8-4-5-12-28(22)37-19-21-14-23(27-11-6-10-26(20(2)32)30(27)31)16-24(15-21)33-18-25-9-7-13-36-25/h4-6,8,10-12,14-16,20,25,33H,3,7,9,13,17-19,32H2,1-2H3/t20-,25-/m1/s1. The minimum atomic E-state index is -0.417. The van der Waals surface area contributed by atoms with Crippen LogP contribution < -0.4 is 15.8 Å². The van der Waals surface area contributed by atoms with Gasteiger partial charge in [-0.1, -0.05) is 36.4 Å². The van der Waals surface area contributed by atoms with E-state index in [0.717, 1.165) is 41.8 Å². The van der Waals surface area contributed by atoms with E-state index in [1.54, 1.807) is 26.0 Å². The molecule has 0 bridgehead atoms. The predicted octanol–water partition coefficient (Wildman–Crippen LogP) is 5.79. The maximum Gasteiger partial charge on any atom is 0.310 e. The van der Waals surface area contributed by atoms with Crippen LogP contribution in [0.5, 0.6) is 5.75 Å². The predicted molar refractivity (Wildman–Crippen MR) is 143 cm³/mol. The zero-order valence-corrected chi connectivity index (χ0v) is 21.5. The molecule has 6 nitrogen and oxygen atoms in total. The van der Waals surface area contributed by atoms with Crippen molar-refractivity contribution in [3.05, 3.63) is 83.2 Å². The molecule has 37 heavy (non-hydrogen) atoms. The Kier molecular flexibility index (Phi) is 9.14. The van der Waals surface area contributed by atoms with Gasteiger partial charge in [0.25, 0.3) is 0 Å². The quantitative estimate of drug-likeness (QED) is 0.321. The Labute approximate surface area is 217 Å². The second-order valence-corrected chi connectivity index (χ2v) is 9.31. The Morgan fingerprint density at radius 3 is 2.78 bits per heavy atom. The van der Waals surface area contributed by atoms with E-state index in [4.69, 9.17) is 19.9 Å². The third kappa shape index (κ3) is 7.08. The molecule has 0 unspecified atom stereocenters. The Bertz CT molecular complexity index is 1210. The van der Waals surface area contributed by atoms with E-state index >= 15 is 4.39 Å². The maximum atomic E-state index is 15.4. The van der Waals surface area contributed by atoms with Crippen molar-refractivity contribution in [3.8, 4) is 16.9 Å². The van der Waals surface area contributed by atoms with Crippen LogP contribution in [0.4, 0.5) is 10.1 Å². The smallest absolute Gasteiger partial charge is 0.310 e. The van der Waals surface area contributed by atoms with Crippen LogP contribution in [0.25, 0.3) is 11.1 Å². The molecule has 1 aliphatic rings. The number of hydrogen-bond donors (Lipinski definition) is 2. The number of benzene rings is 3. The summed E-state index contributed by atoms with van der Waals surface area (Å²) in [6, 6.07) is 18.2. The number of halogens is 1. The molecule has 196 valence electrons. The molecule has 1 heterocycles. The van der Waals surface area contributed by atoms with Gasteiger partial charge in [0.05, 0.1) is 19.1 Å². The summed E-state index contributed by atoms with van der Waals surface area (Å²) in [6.45, 7) is 5.59. The number of nitrogens with two attached hydrogens (primary N) is 1.